The van der Waals surface area contributed by atoms with E-state index in [4.69, 9.17) is 9.47 Å². The van der Waals surface area contributed by atoms with Crippen molar-refractivity contribution >= 4 is 0 Å². The molecule has 0 radical (unpaired) electrons. The quantitative estimate of drug-likeness (QED) is 0.150. The van der Waals surface area contributed by atoms with E-state index in [9.17, 15) is 0 Å². The summed E-state index contributed by atoms with van der Waals surface area (Å²) in [6.45, 7) is 3.62. The van der Waals surface area contributed by atoms with Crippen molar-refractivity contribution in [1.29, 1.82) is 0 Å². The Kier molecular flexibility index (Phi) is 10.5. The lowest BCUT2D eigenvalue weighted by Crippen LogP contribution is -1.99. The molecule has 0 aliphatic carbocycles. The van der Waals surface area contributed by atoms with Gasteiger partial charge in [-0.05, 0) is 61.1 Å². The molecular weight excluding hydrogens is 448 g/mol. The molecule has 36 heavy (non-hydrogen) atoms. The van der Waals surface area contributed by atoms with E-state index in [2.05, 4.69) is 67.6 Å². The molecule has 6 nitrogen and oxygen atoms in total. The normalized spacial score (nSPS) is 11.0. The third-order valence-electron chi connectivity index (χ3n) is 6.32. The standard InChI is InChI=1S/C30H38N4O2/c1(5-19-33-21-17-31-25-33)3-7-23-35-29-13-9-27(10-14-29)28-11-15-30(16-12-28)36-24-8-4-2-6-20-34-22-18-32-26-34/h9-18,21-22,25-26H,1-8,19-20,23-24H2. The molecule has 0 aliphatic rings. The summed E-state index contributed by atoms with van der Waals surface area (Å²) >= 11 is 0. The van der Waals surface area contributed by atoms with Gasteiger partial charge in [0.25, 0.3) is 0 Å². The number of aryl methyl sites for hydroxylation is 2. The van der Waals surface area contributed by atoms with Gasteiger partial charge in [0.1, 0.15) is 11.5 Å². The van der Waals surface area contributed by atoms with Crippen molar-refractivity contribution in [2.45, 2.75) is 64.5 Å². The van der Waals surface area contributed by atoms with E-state index in [1.165, 1.54) is 49.7 Å². The lowest BCUT2D eigenvalue weighted by Gasteiger charge is -2.09. The molecule has 4 aromatic rings. The minimum atomic E-state index is 0.765. The second-order valence-corrected chi connectivity index (χ2v) is 9.18. The Labute approximate surface area is 214 Å². The van der Waals surface area contributed by atoms with E-state index in [-0.39, 0.29) is 0 Å². The zero-order valence-corrected chi connectivity index (χ0v) is 21.2. The molecule has 0 unspecified atom stereocenters. The van der Waals surface area contributed by atoms with Gasteiger partial charge in [0.2, 0.25) is 0 Å². The van der Waals surface area contributed by atoms with Gasteiger partial charge >= 0.3 is 0 Å². The maximum Gasteiger partial charge on any atom is 0.119 e. The Bertz CT molecular complexity index is 985. The number of nitrogens with zero attached hydrogens (tertiary/aromatic N) is 4. The highest BCUT2D eigenvalue weighted by atomic mass is 16.5. The van der Waals surface area contributed by atoms with Crippen LogP contribution in [0.1, 0.15) is 51.4 Å². The van der Waals surface area contributed by atoms with Crippen LogP contribution in [0.4, 0.5) is 0 Å². The van der Waals surface area contributed by atoms with Gasteiger partial charge in [-0.15, -0.1) is 0 Å². The van der Waals surface area contributed by atoms with Crippen molar-refractivity contribution in [2.75, 3.05) is 13.2 Å². The summed E-state index contributed by atoms with van der Waals surface area (Å²) in [5.41, 5.74) is 2.37. The molecule has 2 aromatic carbocycles. The molecule has 2 heterocycles. The fourth-order valence-corrected chi connectivity index (χ4v) is 4.21. The third kappa shape index (κ3) is 8.91. The van der Waals surface area contributed by atoms with Crippen molar-refractivity contribution in [3.63, 3.8) is 0 Å². The van der Waals surface area contributed by atoms with Crippen LogP contribution in [0, 0.1) is 0 Å². The van der Waals surface area contributed by atoms with Crippen molar-refractivity contribution in [1.82, 2.24) is 19.1 Å². The van der Waals surface area contributed by atoms with Crippen LogP contribution in [0.5, 0.6) is 11.5 Å². The van der Waals surface area contributed by atoms with Crippen LogP contribution in [-0.2, 0) is 13.1 Å². The zero-order valence-electron chi connectivity index (χ0n) is 21.2. The number of unbranched alkanes of at least 4 members (excludes halogenated alkanes) is 6. The summed E-state index contributed by atoms with van der Waals surface area (Å²) < 4.78 is 16.1. The predicted octanol–water partition coefficient (Wildman–Crippen LogP) is 7.03. The van der Waals surface area contributed by atoms with Gasteiger partial charge in [-0.2, -0.15) is 0 Å². The van der Waals surface area contributed by atoms with Gasteiger partial charge in [0, 0.05) is 37.9 Å². The van der Waals surface area contributed by atoms with Gasteiger partial charge in [-0.1, -0.05) is 49.9 Å². The van der Waals surface area contributed by atoms with Gasteiger partial charge in [-0.3, -0.25) is 0 Å². The molecule has 0 N–H and O–H groups in total. The predicted molar refractivity (Wildman–Crippen MR) is 144 cm³/mol. The number of imidazole rings is 2. The molecule has 0 bridgehead atoms. The van der Waals surface area contributed by atoms with Gasteiger partial charge < -0.3 is 18.6 Å². The van der Waals surface area contributed by atoms with Crippen LogP contribution in [0.3, 0.4) is 0 Å². The lowest BCUT2D eigenvalue weighted by atomic mass is 10.1. The first-order valence-corrected chi connectivity index (χ1v) is 13.2. The highest BCUT2D eigenvalue weighted by Crippen LogP contribution is 2.25. The Morgan fingerprint density at radius 1 is 0.500 bits per heavy atom. The zero-order chi connectivity index (χ0) is 24.7. The van der Waals surface area contributed by atoms with E-state index in [1.54, 1.807) is 0 Å². The molecule has 0 spiro atoms. The average molecular weight is 487 g/mol. The summed E-state index contributed by atoms with van der Waals surface area (Å²) in [6.07, 6.45) is 20.8. The highest BCUT2D eigenvalue weighted by molar-refractivity contribution is 5.64. The van der Waals surface area contributed by atoms with Crippen molar-refractivity contribution < 1.29 is 9.47 Å². The molecule has 4 rings (SSSR count). The number of rotatable bonds is 17. The lowest BCUT2D eigenvalue weighted by molar-refractivity contribution is 0.304. The second-order valence-electron chi connectivity index (χ2n) is 9.18. The number of hydrogen-bond acceptors (Lipinski definition) is 4. The third-order valence-corrected chi connectivity index (χ3v) is 6.32. The largest absolute Gasteiger partial charge is 0.494 e. The summed E-state index contributed by atoms with van der Waals surface area (Å²) in [4.78, 5) is 8.15. The smallest absolute Gasteiger partial charge is 0.119 e. The maximum absolute atomic E-state index is 5.93. The van der Waals surface area contributed by atoms with Crippen LogP contribution in [-0.4, -0.2) is 32.3 Å². The van der Waals surface area contributed by atoms with Gasteiger partial charge in [-0.25, -0.2) is 9.97 Å². The van der Waals surface area contributed by atoms with Crippen LogP contribution < -0.4 is 9.47 Å². The van der Waals surface area contributed by atoms with Gasteiger partial charge in [0.15, 0.2) is 0 Å². The van der Waals surface area contributed by atoms with Crippen molar-refractivity contribution in [3.05, 3.63) is 86.0 Å². The van der Waals surface area contributed by atoms with E-state index >= 15 is 0 Å². The second kappa shape index (κ2) is 14.8. The van der Waals surface area contributed by atoms with E-state index in [0.717, 1.165) is 50.6 Å². The van der Waals surface area contributed by atoms with Crippen LogP contribution in [0.25, 0.3) is 11.1 Å². The van der Waals surface area contributed by atoms with E-state index in [0.29, 0.717) is 0 Å². The number of hydrogen-bond donors (Lipinski definition) is 0. The average Bonchev–Trinajstić information content (AvgIpc) is 3.63. The number of aromatic nitrogens is 4. The first-order chi connectivity index (χ1) is 17.9. The van der Waals surface area contributed by atoms with Crippen LogP contribution in [0.2, 0.25) is 0 Å². The summed E-state index contributed by atoms with van der Waals surface area (Å²) in [5.74, 6) is 1.87. The van der Waals surface area contributed by atoms with Crippen molar-refractivity contribution in [2.24, 2.45) is 0 Å². The summed E-state index contributed by atoms with van der Waals surface area (Å²) in [5, 5.41) is 0. The van der Waals surface area contributed by atoms with Crippen LogP contribution >= 0.6 is 0 Å². The molecule has 0 aliphatic heterocycles. The minimum Gasteiger partial charge on any atom is -0.494 e. The molecule has 0 saturated carbocycles. The van der Waals surface area contributed by atoms with Gasteiger partial charge in [0.05, 0.1) is 25.9 Å². The molecule has 6 heteroatoms. The minimum absolute atomic E-state index is 0.765. The molecule has 0 saturated heterocycles. The number of benzene rings is 2. The molecule has 190 valence electrons. The molecule has 0 atom stereocenters. The Hall–Kier alpha value is -3.54. The summed E-state index contributed by atoms with van der Waals surface area (Å²) in [6, 6.07) is 16.7. The van der Waals surface area contributed by atoms with Crippen LogP contribution in [0.15, 0.2) is 86.0 Å². The topological polar surface area (TPSA) is 54.1 Å². The van der Waals surface area contributed by atoms with E-state index < -0.39 is 0 Å². The fourth-order valence-electron chi connectivity index (χ4n) is 4.21. The Balaban J connectivity index is 1.06. The first kappa shape index (κ1) is 25.5. The van der Waals surface area contributed by atoms with E-state index in [1.807, 2.05) is 37.4 Å². The van der Waals surface area contributed by atoms with Crippen molar-refractivity contribution in [3.8, 4) is 22.6 Å². The SMILES string of the molecule is c1cn(CCCCCCOc2ccc(-c3ccc(OCCCCCCn4ccnc4)cc3)cc2)cn1. The Morgan fingerprint density at radius 2 is 0.917 bits per heavy atom. The maximum atomic E-state index is 5.93. The molecule has 0 fully saturated rings. The number of ether oxygens (including phenoxy) is 2. The molecule has 2 aromatic heterocycles. The monoisotopic (exact) mass is 486 g/mol. The Morgan fingerprint density at radius 3 is 1.31 bits per heavy atom. The summed E-state index contributed by atoms with van der Waals surface area (Å²) in [7, 11) is 0. The molecule has 0 amide bonds. The highest BCUT2D eigenvalue weighted by Gasteiger charge is 2.01. The molecular formula is C30H38N4O2. The fraction of sp³-hybridized carbons (Fsp3) is 0.400. The first-order valence-electron chi connectivity index (χ1n) is 13.2.